The van der Waals surface area contributed by atoms with Crippen LogP contribution in [0.1, 0.15) is 34.3 Å². The van der Waals surface area contributed by atoms with Crippen LogP contribution >= 0.6 is 0 Å². The Morgan fingerprint density at radius 3 is 2.65 bits per heavy atom. The smallest absolute Gasteiger partial charge is 0.309 e. The summed E-state index contributed by atoms with van der Waals surface area (Å²) in [6.45, 7) is 1.43. The van der Waals surface area contributed by atoms with Gasteiger partial charge in [0.15, 0.2) is 5.78 Å². The molecule has 0 bridgehead atoms. The van der Waals surface area contributed by atoms with Crippen LogP contribution in [-0.2, 0) is 13.1 Å². The van der Waals surface area contributed by atoms with Crippen LogP contribution < -0.4 is 5.32 Å². The van der Waals surface area contributed by atoms with E-state index in [1.807, 2.05) is 0 Å². The highest BCUT2D eigenvalue weighted by Crippen LogP contribution is 2.24. The normalized spacial score (nSPS) is 14.8. The number of benzene rings is 1. The van der Waals surface area contributed by atoms with E-state index < -0.39 is 24.8 Å². The first-order valence-electron chi connectivity index (χ1n) is 5.38. The predicted octanol–water partition coefficient (Wildman–Crippen LogP) is 2.82. The van der Waals surface area contributed by atoms with Crippen molar-refractivity contribution in [3.8, 4) is 0 Å². The van der Waals surface area contributed by atoms with Crippen LogP contribution in [0, 0.1) is 0 Å². The fourth-order valence-corrected chi connectivity index (χ4v) is 1.87. The highest BCUT2D eigenvalue weighted by molar-refractivity contribution is 5.96. The largest absolute Gasteiger partial charge is 0.389 e. The van der Waals surface area contributed by atoms with E-state index in [-0.39, 0.29) is 0 Å². The summed E-state index contributed by atoms with van der Waals surface area (Å²) < 4.78 is 36.0. The summed E-state index contributed by atoms with van der Waals surface area (Å²) in [7, 11) is 0. The maximum absolute atomic E-state index is 12.0. The van der Waals surface area contributed by atoms with Gasteiger partial charge in [0.05, 0.1) is 6.42 Å². The molecule has 1 N–H and O–H groups in total. The Hall–Kier alpha value is -1.36. The van der Waals surface area contributed by atoms with Gasteiger partial charge in [-0.25, -0.2) is 0 Å². The SMILES string of the molecule is O=C(CCC(F)(F)F)c1ccc2c(c1)CNC2. The molecule has 5 heteroatoms. The van der Waals surface area contributed by atoms with Crippen LogP contribution in [0.15, 0.2) is 18.2 Å². The third-order valence-electron chi connectivity index (χ3n) is 2.79. The molecule has 1 heterocycles. The lowest BCUT2D eigenvalue weighted by Gasteiger charge is -2.06. The Balaban J connectivity index is 2.05. The van der Waals surface area contributed by atoms with Gasteiger partial charge in [0.1, 0.15) is 0 Å². The zero-order valence-corrected chi connectivity index (χ0v) is 9.10. The zero-order valence-electron chi connectivity index (χ0n) is 9.10. The molecule has 2 rings (SSSR count). The summed E-state index contributed by atoms with van der Waals surface area (Å²) in [6, 6.07) is 5.09. The summed E-state index contributed by atoms with van der Waals surface area (Å²) >= 11 is 0. The van der Waals surface area contributed by atoms with Gasteiger partial charge in [-0.1, -0.05) is 12.1 Å². The molecule has 0 aromatic heterocycles. The lowest BCUT2D eigenvalue weighted by Crippen LogP contribution is -2.11. The Kier molecular flexibility index (Phi) is 3.19. The van der Waals surface area contributed by atoms with E-state index in [0.29, 0.717) is 12.1 Å². The van der Waals surface area contributed by atoms with Crippen LogP contribution in [0.3, 0.4) is 0 Å². The summed E-state index contributed by atoms with van der Waals surface area (Å²) in [5, 5.41) is 3.12. The van der Waals surface area contributed by atoms with E-state index in [0.717, 1.165) is 17.7 Å². The fraction of sp³-hybridized carbons (Fsp3) is 0.417. The standard InChI is InChI=1S/C12H12F3NO/c13-12(14,15)4-3-11(17)8-1-2-9-6-16-7-10(9)5-8/h1-2,5,16H,3-4,6-7H2. The van der Waals surface area contributed by atoms with Gasteiger partial charge in [0, 0.05) is 25.1 Å². The van der Waals surface area contributed by atoms with Crippen LogP contribution in [-0.4, -0.2) is 12.0 Å². The quantitative estimate of drug-likeness (QED) is 0.827. The zero-order chi connectivity index (χ0) is 12.5. The molecule has 1 aliphatic heterocycles. The van der Waals surface area contributed by atoms with Crippen molar-refractivity contribution in [2.24, 2.45) is 0 Å². The van der Waals surface area contributed by atoms with Crippen molar-refractivity contribution in [3.63, 3.8) is 0 Å². The van der Waals surface area contributed by atoms with Gasteiger partial charge < -0.3 is 5.32 Å². The van der Waals surface area contributed by atoms with Crippen molar-refractivity contribution in [2.45, 2.75) is 32.1 Å². The van der Waals surface area contributed by atoms with Crippen LogP contribution in [0.5, 0.6) is 0 Å². The number of rotatable bonds is 3. The number of nitrogens with one attached hydrogen (secondary N) is 1. The van der Waals surface area contributed by atoms with Crippen molar-refractivity contribution in [3.05, 3.63) is 34.9 Å². The summed E-state index contributed by atoms with van der Waals surface area (Å²) in [6.07, 6.45) is -5.80. The number of alkyl halides is 3. The topological polar surface area (TPSA) is 29.1 Å². The molecule has 0 radical (unpaired) electrons. The molecule has 0 saturated heterocycles. The lowest BCUT2D eigenvalue weighted by molar-refractivity contribution is -0.133. The van der Waals surface area contributed by atoms with E-state index in [1.54, 1.807) is 18.2 Å². The first kappa shape index (κ1) is 12.1. The Labute approximate surface area is 96.8 Å². The monoisotopic (exact) mass is 243 g/mol. The van der Waals surface area contributed by atoms with Gasteiger partial charge in [-0.15, -0.1) is 0 Å². The van der Waals surface area contributed by atoms with Crippen molar-refractivity contribution >= 4 is 5.78 Å². The molecule has 1 aromatic rings. The number of halogens is 3. The van der Waals surface area contributed by atoms with Crippen molar-refractivity contribution in [2.75, 3.05) is 0 Å². The second-order valence-electron chi connectivity index (χ2n) is 4.13. The molecule has 0 atom stereocenters. The Morgan fingerprint density at radius 1 is 1.24 bits per heavy atom. The number of Topliss-reactive ketones (excluding diaryl/α,β-unsaturated/α-hetero) is 1. The average Bonchev–Trinajstić information content (AvgIpc) is 2.71. The first-order chi connectivity index (χ1) is 7.96. The minimum Gasteiger partial charge on any atom is -0.309 e. The summed E-state index contributed by atoms with van der Waals surface area (Å²) in [4.78, 5) is 11.6. The molecule has 1 aromatic carbocycles. The van der Waals surface area contributed by atoms with Crippen molar-refractivity contribution < 1.29 is 18.0 Å². The maximum Gasteiger partial charge on any atom is 0.389 e. The van der Waals surface area contributed by atoms with Gasteiger partial charge in [-0.2, -0.15) is 13.2 Å². The second kappa shape index (κ2) is 4.49. The molecular formula is C12H12F3NO. The predicted molar refractivity (Wildman–Crippen MR) is 56.6 cm³/mol. The fourth-order valence-electron chi connectivity index (χ4n) is 1.87. The van der Waals surface area contributed by atoms with Gasteiger partial charge in [0.2, 0.25) is 0 Å². The number of ketones is 1. The number of carbonyl (C=O) groups is 1. The Bertz CT molecular complexity index is 440. The molecule has 0 amide bonds. The molecule has 0 spiro atoms. The molecule has 0 unspecified atom stereocenters. The summed E-state index contributed by atoms with van der Waals surface area (Å²) in [5.74, 6) is -0.447. The molecule has 1 aliphatic rings. The number of hydrogen-bond donors (Lipinski definition) is 1. The van der Waals surface area contributed by atoms with E-state index in [9.17, 15) is 18.0 Å². The molecule has 2 nitrogen and oxygen atoms in total. The molecule has 0 fully saturated rings. The first-order valence-corrected chi connectivity index (χ1v) is 5.38. The van der Waals surface area contributed by atoms with Gasteiger partial charge in [-0.05, 0) is 17.2 Å². The van der Waals surface area contributed by atoms with Gasteiger partial charge >= 0.3 is 6.18 Å². The van der Waals surface area contributed by atoms with E-state index in [2.05, 4.69) is 5.32 Å². The van der Waals surface area contributed by atoms with E-state index >= 15 is 0 Å². The third kappa shape index (κ3) is 3.06. The van der Waals surface area contributed by atoms with Crippen LogP contribution in [0.25, 0.3) is 0 Å². The van der Waals surface area contributed by atoms with Crippen molar-refractivity contribution in [1.82, 2.24) is 5.32 Å². The number of hydrogen-bond acceptors (Lipinski definition) is 2. The van der Waals surface area contributed by atoms with Crippen molar-refractivity contribution in [1.29, 1.82) is 0 Å². The van der Waals surface area contributed by atoms with E-state index in [1.165, 1.54) is 0 Å². The summed E-state index contributed by atoms with van der Waals surface area (Å²) in [5.41, 5.74) is 2.48. The molecule has 0 saturated carbocycles. The number of carbonyl (C=O) groups excluding carboxylic acids is 1. The van der Waals surface area contributed by atoms with E-state index in [4.69, 9.17) is 0 Å². The highest BCUT2D eigenvalue weighted by atomic mass is 19.4. The molecule has 17 heavy (non-hydrogen) atoms. The third-order valence-corrected chi connectivity index (χ3v) is 2.79. The number of fused-ring (bicyclic) bond motifs is 1. The highest BCUT2D eigenvalue weighted by Gasteiger charge is 2.28. The average molecular weight is 243 g/mol. The Morgan fingerprint density at radius 2 is 1.94 bits per heavy atom. The minimum atomic E-state index is -4.27. The van der Waals surface area contributed by atoms with Gasteiger partial charge in [0.25, 0.3) is 0 Å². The molecular weight excluding hydrogens is 231 g/mol. The lowest BCUT2D eigenvalue weighted by atomic mass is 10.0. The molecule has 0 aliphatic carbocycles. The minimum absolute atomic E-state index is 0.372. The molecule has 92 valence electrons. The second-order valence-corrected chi connectivity index (χ2v) is 4.13. The van der Waals surface area contributed by atoms with Gasteiger partial charge in [-0.3, -0.25) is 4.79 Å². The van der Waals surface area contributed by atoms with Crippen LogP contribution in [0.2, 0.25) is 0 Å². The van der Waals surface area contributed by atoms with Crippen LogP contribution in [0.4, 0.5) is 13.2 Å². The maximum atomic E-state index is 12.0.